The lowest BCUT2D eigenvalue weighted by Gasteiger charge is -2.64. The Labute approximate surface area is 201 Å². The van der Waals surface area contributed by atoms with Crippen LogP contribution in [0.2, 0.25) is 0 Å². The zero-order chi connectivity index (χ0) is 24.0. The number of fused-ring (bicyclic) bond motifs is 7. The minimum atomic E-state index is -0.541. The van der Waals surface area contributed by atoms with E-state index in [2.05, 4.69) is 41.2 Å². The Balaban J connectivity index is 1.55. The van der Waals surface area contributed by atoms with Gasteiger partial charge >= 0.3 is 5.97 Å². The van der Waals surface area contributed by atoms with Gasteiger partial charge < -0.3 is 5.11 Å². The molecular formula is C30H46O3. The van der Waals surface area contributed by atoms with Crippen LogP contribution in [0.4, 0.5) is 0 Å². The highest BCUT2D eigenvalue weighted by molar-refractivity contribution is 5.85. The van der Waals surface area contributed by atoms with Gasteiger partial charge in [-0.15, -0.1) is 0 Å². The van der Waals surface area contributed by atoms with Crippen molar-refractivity contribution >= 4 is 11.8 Å². The molecule has 0 amide bonds. The van der Waals surface area contributed by atoms with Gasteiger partial charge in [-0.05, 0) is 111 Å². The molecule has 0 bridgehead atoms. The van der Waals surface area contributed by atoms with E-state index in [0.29, 0.717) is 35.4 Å². The lowest BCUT2D eigenvalue weighted by Crippen LogP contribution is -2.59. The van der Waals surface area contributed by atoms with Crippen molar-refractivity contribution in [1.82, 2.24) is 0 Å². The first-order valence-corrected chi connectivity index (χ1v) is 13.8. The summed E-state index contributed by atoms with van der Waals surface area (Å²) in [5.74, 6) is 2.85. The normalized spacial score (nSPS) is 50.9. The van der Waals surface area contributed by atoms with Crippen molar-refractivity contribution in [2.24, 2.45) is 57.2 Å². The summed E-state index contributed by atoms with van der Waals surface area (Å²) in [4.78, 5) is 25.7. The summed E-state index contributed by atoms with van der Waals surface area (Å²) in [6, 6.07) is 0. The monoisotopic (exact) mass is 454 g/mol. The second-order valence-corrected chi connectivity index (χ2v) is 14.0. The van der Waals surface area contributed by atoms with Crippen LogP contribution < -0.4 is 0 Å². The Morgan fingerprint density at radius 3 is 2.21 bits per heavy atom. The van der Waals surface area contributed by atoms with E-state index < -0.39 is 11.4 Å². The van der Waals surface area contributed by atoms with E-state index in [1.54, 1.807) is 0 Å². The summed E-state index contributed by atoms with van der Waals surface area (Å²) in [5, 5.41) is 10.5. The minimum Gasteiger partial charge on any atom is -0.481 e. The van der Waals surface area contributed by atoms with Gasteiger partial charge in [-0.2, -0.15) is 0 Å². The Morgan fingerprint density at radius 1 is 0.879 bits per heavy atom. The molecule has 33 heavy (non-hydrogen) atoms. The quantitative estimate of drug-likeness (QED) is 0.445. The largest absolute Gasteiger partial charge is 0.481 e. The predicted molar refractivity (Wildman–Crippen MR) is 132 cm³/mol. The average molecular weight is 455 g/mol. The van der Waals surface area contributed by atoms with E-state index in [4.69, 9.17) is 0 Å². The molecule has 0 aromatic heterocycles. The molecule has 5 aliphatic carbocycles. The molecule has 0 radical (unpaired) electrons. The summed E-state index contributed by atoms with van der Waals surface area (Å²) >= 11 is 0. The molecule has 0 aliphatic heterocycles. The van der Waals surface area contributed by atoms with Crippen molar-refractivity contribution in [3.8, 4) is 0 Å². The van der Waals surface area contributed by atoms with Crippen LogP contribution in [-0.4, -0.2) is 16.9 Å². The van der Waals surface area contributed by atoms with Gasteiger partial charge in [0.05, 0.1) is 5.41 Å². The lowest BCUT2D eigenvalue weighted by molar-refractivity contribution is -0.180. The number of allylic oxidation sites excluding steroid dienone is 1. The molecule has 5 fully saturated rings. The average Bonchev–Trinajstić information content (AvgIpc) is 3.07. The number of ketones is 1. The van der Waals surface area contributed by atoms with E-state index in [0.717, 1.165) is 44.9 Å². The molecule has 5 aliphatic rings. The number of aliphatic carboxylic acids is 1. The van der Waals surface area contributed by atoms with Gasteiger partial charge in [0.25, 0.3) is 0 Å². The number of Topliss-reactive ketones (excluding diaryl/α,β-unsaturated/α-hetero) is 1. The number of carbonyl (C=O) groups is 2. The van der Waals surface area contributed by atoms with Gasteiger partial charge in [-0.25, -0.2) is 0 Å². The van der Waals surface area contributed by atoms with Crippen LogP contribution in [0.1, 0.15) is 105 Å². The van der Waals surface area contributed by atoms with Gasteiger partial charge in [-0.1, -0.05) is 46.3 Å². The summed E-state index contributed by atoms with van der Waals surface area (Å²) in [7, 11) is 0. The third-order valence-electron chi connectivity index (χ3n) is 12.7. The number of carbonyl (C=O) groups excluding carboxylic acids is 1. The molecular weight excluding hydrogens is 408 g/mol. The van der Waals surface area contributed by atoms with Crippen molar-refractivity contribution in [2.45, 2.75) is 105 Å². The molecule has 0 aromatic rings. The molecule has 1 N–H and O–H groups in total. The second-order valence-electron chi connectivity index (χ2n) is 14.0. The first-order chi connectivity index (χ1) is 15.4. The summed E-state index contributed by atoms with van der Waals surface area (Å²) < 4.78 is 0. The molecule has 0 unspecified atom stereocenters. The SMILES string of the molecule is C=C(C)[C@@H]1CC[C@]2(C(=O)O)CC[C@]3(C)[C@H](CC[C@H]4[C@@H]3CCC[C@H]3C(C)(C)C(=O)CC[C@]43C)[C@@H]12. The van der Waals surface area contributed by atoms with E-state index in [-0.39, 0.29) is 22.2 Å². The van der Waals surface area contributed by atoms with Crippen molar-refractivity contribution in [3.63, 3.8) is 0 Å². The molecule has 5 rings (SSSR count). The molecule has 0 aromatic carbocycles. The first-order valence-electron chi connectivity index (χ1n) is 13.8. The second kappa shape index (κ2) is 7.44. The highest BCUT2D eigenvalue weighted by Gasteiger charge is 2.67. The number of carboxylic acids is 1. The maximum atomic E-state index is 12.9. The molecule has 9 atom stereocenters. The Kier molecular flexibility index (Phi) is 5.32. The Hall–Kier alpha value is -1.12. The van der Waals surface area contributed by atoms with Crippen LogP contribution >= 0.6 is 0 Å². The van der Waals surface area contributed by atoms with Gasteiger partial charge in [0, 0.05) is 11.8 Å². The van der Waals surface area contributed by atoms with Crippen LogP contribution in [0.25, 0.3) is 0 Å². The predicted octanol–water partition coefficient (Wildman–Crippen LogP) is 7.30. The first kappa shape index (κ1) is 23.6. The van der Waals surface area contributed by atoms with Crippen molar-refractivity contribution in [3.05, 3.63) is 12.2 Å². The van der Waals surface area contributed by atoms with Crippen LogP contribution in [-0.2, 0) is 9.59 Å². The summed E-state index contributed by atoms with van der Waals surface area (Å²) in [6.45, 7) is 16.0. The topological polar surface area (TPSA) is 54.4 Å². The van der Waals surface area contributed by atoms with E-state index in [1.165, 1.54) is 31.3 Å². The van der Waals surface area contributed by atoms with Crippen LogP contribution in [0.5, 0.6) is 0 Å². The fourth-order valence-corrected chi connectivity index (χ4v) is 11.0. The third-order valence-corrected chi connectivity index (χ3v) is 12.7. The van der Waals surface area contributed by atoms with Crippen LogP contribution in [0, 0.1) is 57.2 Å². The number of rotatable bonds is 2. The fourth-order valence-electron chi connectivity index (χ4n) is 11.0. The maximum absolute atomic E-state index is 12.9. The van der Waals surface area contributed by atoms with E-state index in [1.807, 2.05) is 0 Å². The maximum Gasteiger partial charge on any atom is 0.309 e. The van der Waals surface area contributed by atoms with Crippen LogP contribution in [0.3, 0.4) is 0 Å². The van der Waals surface area contributed by atoms with Gasteiger partial charge in [0.2, 0.25) is 0 Å². The summed E-state index contributed by atoms with van der Waals surface area (Å²) in [5.41, 5.74) is 0.916. The molecule has 0 spiro atoms. The zero-order valence-corrected chi connectivity index (χ0v) is 21.7. The van der Waals surface area contributed by atoms with Gasteiger partial charge in [0.1, 0.15) is 5.78 Å². The van der Waals surface area contributed by atoms with Gasteiger partial charge in [-0.3, -0.25) is 9.59 Å². The van der Waals surface area contributed by atoms with Gasteiger partial charge in [0.15, 0.2) is 0 Å². The highest BCUT2D eigenvalue weighted by atomic mass is 16.4. The Bertz CT molecular complexity index is 872. The smallest absolute Gasteiger partial charge is 0.309 e. The molecule has 5 saturated carbocycles. The minimum absolute atomic E-state index is 0.207. The molecule has 0 saturated heterocycles. The van der Waals surface area contributed by atoms with Crippen molar-refractivity contribution < 1.29 is 14.7 Å². The van der Waals surface area contributed by atoms with E-state index in [9.17, 15) is 14.7 Å². The number of carboxylic acid groups (broad SMARTS) is 1. The standard InChI is InChI=1S/C30H46O3/c1-18(2)19-12-15-30(26(32)33)17-16-28(5)20-8-7-9-23-27(3,4)24(31)13-14-29(23,6)21(20)10-11-22(28)25(19)30/h19-23,25H,1,7-17H2,2-6H3,(H,32,33)/t19-,20-,21-,22+,23-,25+,28-,29+,30-/m0/s1. The van der Waals surface area contributed by atoms with Crippen molar-refractivity contribution in [2.75, 3.05) is 0 Å². The molecule has 3 nitrogen and oxygen atoms in total. The fraction of sp³-hybridized carbons (Fsp3) is 0.867. The molecule has 0 heterocycles. The van der Waals surface area contributed by atoms with Crippen LogP contribution in [0.15, 0.2) is 12.2 Å². The third kappa shape index (κ3) is 2.99. The molecule has 3 heteroatoms. The highest BCUT2D eigenvalue weighted by Crippen LogP contribution is 2.72. The summed E-state index contributed by atoms with van der Waals surface area (Å²) in [6.07, 6.45) is 11.6. The number of hydrogen-bond donors (Lipinski definition) is 1. The zero-order valence-electron chi connectivity index (χ0n) is 21.7. The number of hydrogen-bond acceptors (Lipinski definition) is 2. The molecule has 184 valence electrons. The Morgan fingerprint density at radius 2 is 1.55 bits per heavy atom. The lowest BCUT2D eigenvalue weighted by atomic mass is 9.40. The van der Waals surface area contributed by atoms with E-state index >= 15 is 0 Å². The van der Waals surface area contributed by atoms with Crippen molar-refractivity contribution in [1.29, 1.82) is 0 Å².